The third-order valence-electron chi connectivity index (χ3n) is 2.53. The van der Waals surface area contributed by atoms with Crippen LogP contribution in [0.5, 0.6) is 0 Å². The fraction of sp³-hybridized carbons (Fsp3) is 0.143. The van der Waals surface area contributed by atoms with E-state index in [1.54, 1.807) is 12.1 Å². The smallest absolute Gasteiger partial charge is 0.258 e. The number of benzene rings is 2. The first-order valence-electron chi connectivity index (χ1n) is 5.56. The summed E-state index contributed by atoms with van der Waals surface area (Å²) in [6.45, 7) is 3.86. The largest absolute Gasteiger partial charge is 0.283 e. The maximum atomic E-state index is 11.0. The van der Waals surface area contributed by atoms with Crippen LogP contribution in [0.25, 0.3) is 0 Å². The molecule has 0 heterocycles. The Bertz CT molecular complexity index is 596. The molecule has 0 saturated carbocycles. The summed E-state index contributed by atoms with van der Waals surface area (Å²) in [5, 5.41) is 11.0. The van der Waals surface area contributed by atoms with Gasteiger partial charge in [0.15, 0.2) is 0 Å². The van der Waals surface area contributed by atoms with E-state index in [0.717, 1.165) is 16.0 Å². The molecule has 2 rings (SSSR count). The second-order valence-electron chi connectivity index (χ2n) is 4.15. The highest BCUT2D eigenvalue weighted by Gasteiger charge is 2.14. The lowest BCUT2D eigenvalue weighted by atomic mass is 10.2. The molecule has 0 amide bonds. The van der Waals surface area contributed by atoms with Crippen LogP contribution in [0.2, 0.25) is 0 Å². The highest BCUT2D eigenvalue weighted by atomic mass is 32.2. The monoisotopic (exact) mass is 259 g/mol. The summed E-state index contributed by atoms with van der Waals surface area (Å²) in [4.78, 5) is 12.4. The molecule has 3 nitrogen and oxygen atoms in total. The van der Waals surface area contributed by atoms with Gasteiger partial charge in [-0.1, -0.05) is 35.5 Å². The second-order valence-corrected chi connectivity index (χ2v) is 5.26. The van der Waals surface area contributed by atoms with Crippen molar-refractivity contribution in [2.24, 2.45) is 0 Å². The molecule has 18 heavy (non-hydrogen) atoms. The van der Waals surface area contributed by atoms with Gasteiger partial charge >= 0.3 is 0 Å². The number of nitrogens with zero attached hydrogens (tertiary/aromatic N) is 1. The summed E-state index contributed by atoms with van der Waals surface area (Å²) in [7, 11) is 0. The van der Waals surface area contributed by atoms with E-state index in [9.17, 15) is 10.1 Å². The van der Waals surface area contributed by atoms with Crippen molar-refractivity contribution in [2.75, 3.05) is 0 Å². The van der Waals surface area contributed by atoms with Crippen molar-refractivity contribution >= 4 is 17.4 Å². The van der Waals surface area contributed by atoms with Gasteiger partial charge in [-0.2, -0.15) is 0 Å². The molecule has 0 fully saturated rings. The lowest BCUT2D eigenvalue weighted by Crippen LogP contribution is -1.91. The molecule has 0 unspecified atom stereocenters. The lowest BCUT2D eigenvalue weighted by molar-refractivity contribution is -0.387. The molecular weight excluding hydrogens is 246 g/mol. The topological polar surface area (TPSA) is 43.1 Å². The molecule has 0 aliphatic carbocycles. The van der Waals surface area contributed by atoms with E-state index in [0.29, 0.717) is 4.90 Å². The van der Waals surface area contributed by atoms with Crippen LogP contribution in [0, 0.1) is 24.0 Å². The van der Waals surface area contributed by atoms with Gasteiger partial charge in [0.25, 0.3) is 5.69 Å². The van der Waals surface area contributed by atoms with E-state index in [4.69, 9.17) is 0 Å². The van der Waals surface area contributed by atoms with Gasteiger partial charge in [-0.15, -0.1) is 0 Å². The molecule has 0 saturated heterocycles. The zero-order valence-corrected chi connectivity index (χ0v) is 11.0. The van der Waals surface area contributed by atoms with Crippen molar-refractivity contribution in [3.8, 4) is 0 Å². The predicted molar refractivity (Wildman–Crippen MR) is 73.1 cm³/mol. The van der Waals surface area contributed by atoms with Gasteiger partial charge in [0.2, 0.25) is 0 Å². The Morgan fingerprint density at radius 2 is 1.78 bits per heavy atom. The van der Waals surface area contributed by atoms with Gasteiger partial charge in [0.1, 0.15) is 0 Å². The minimum atomic E-state index is -0.328. The van der Waals surface area contributed by atoms with Crippen LogP contribution in [-0.2, 0) is 0 Å². The van der Waals surface area contributed by atoms with Crippen molar-refractivity contribution < 1.29 is 4.92 Å². The first kappa shape index (κ1) is 12.6. The van der Waals surface area contributed by atoms with E-state index < -0.39 is 0 Å². The summed E-state index contributed by atoms with van der Waals surface area (Å²) >= 11 is 1.42. The fourth-order valence-electron chi connectivity index (χ4n) is 1.66. The van der Waals surface area contributed by atoms with Gasteiger partial charge in [0, 0.05) is 11.0 Å². The zero-order valence-electron chi connectivity index (χ0n) is 10.2. The number of aryl methyl sites for hydroxylation is 2. The number of hydrogen-bond acceptors (Lipinski definition) is 3. The average Bonchev–Trinajstić information content (AvgIpc) is 2.31. The first-order valence-corrected chi connectivity index (χ1v) is 6.37. The van der Waals surface area contributed by atoms with Gasteiger partial charge in [-0.25, -0.2) is 0 Å². The number of nitro groups is 1. The van der Waals surface area contributed by atoms with Crippen molar-refractivity contribution in [1.82, 2.24) is 0 Å². The predicted octanol–water partition coefficient (Wildman–Crippen LogP) is 4.36. The molecule has 92 valence electrons. The Kier molecular flexibility index (Phi) is 3.67. The summed E-state index contributed by atoms with van der Waals surface area (Å²) in [6, 6.07) is 13.3. The summed E-state index contributed by atoms with van der Waals surface area (Å²) in [5.41, 5.74) is 2.21. The molecule has 0 radical (unpaired) electrons. The van der Waals surface area contributed by atoms with Gasteiger partial charge in [-0.05, 0) is 37.6 Å². The standard InChI is InChI=1S/C14H13NO2S/c1-10-4-3-5-12(8-10)18-14-7-6-11(2)9-13(14)15(16)17/h3-9H,1-2H3. The van der Waals surface area contributed by atoms with Crippen LogP contribution in [0.15, 0.2) is 52.3 Å². The van der Waals surface area contributed by atoms with E-state index >= 15 is 0 Å². The fourth-order valence-corrected chi connectivity index (χ4v) is 2.68. The van der Waals surface area contributed by atoms with E-state index in [1.165, 1.54) is 11.8 Å². The normalized spacial score (nSPS) is 10.3. The Morgan fingerprint density at radius 3 is 2.44 bits per heavy atom. The van der Waals surface area contributed by atoms with Crippen LogP contribution in [-0.4, -0.2) is 4.92 Å². The molecule has 0 aromatic heterocycles. The Hall–Kier alpha value is -1.81. The molecule has 0 spiro atoms. The number of hydrogen-bond donors (Lipinski definition) is 0. The SMILES string of the molecule is Cc1cccc(Sc2ccc(C)cc2[N+](=O)[O-])c1. The molecule has 0 atom stereocenters. The van der Waals surface area contributed by atoms with Crippen LogP contribution in [0.3, 0.4) is 0 Å². The average molecular weight is 259 g/mol. The highest BCUT2D eigenvalue weighted by molar-refractivity contribution is 7.99. The van der Waals surface area contributed by atoms with Crippen LogP contribution >= 0.6 is 11.8 Å². The minimum Gasteiger partial charge on any atom is -0.258 e. The van der Waals surface area contributed by atoms with Crippen molar-refractivity contribution in [2.45, 2.75) is 23.6 Å². The van der Waals surface area contributed by atoms with Gasteiger partial charge in [-0.3, -0.25) is 10.1 Å². The highest BCUT2D eigenvalue weighted by Crippen LogP contribution is 2.35. The minimum absolute atomic E-state index is 0.168. The second kappa shape index (κ2) is 5.23. The quantitative estimate of drug-likeness (QED) is 0.607. The van der Waals surface area contributed by atoms with E-state index in [2.05, 4.69) is 0 Å². The molecule has 4 heteroatoms. The van der Waals surface area contributed by atoms with E-state index in [-0.39, 0.29) is 10.6 Å². The lowest BCUT2D eigenvalue weighted by Gasteiger charge is -2.04. The maximum absolute atomic E-state index is 11.0. The van der Waals surface area contributed by atoms with Crippen LogP contribution in [0.1, 0.15) is 11.1 Å². The summed E-state index contributed by atoms with van der Waals surface area (Å²) < 4.78 is 0. The van der Waals surface area contributed by atoms with Gasteiger partial charge < -0.3 is 0 Å². The molecule has 2 aromatic rings. The maximum Gasteiger partial charge on any atom is 0.283 e. The molecule has 2 aromatic carbocycles. The van der Waals surface area contributed by atoms with Crippen molar-refractivity contribution in [3.63, 3.8) is 0 Å². The first-order chi connectivity index (χ1) is 8.56. The van der Waals surface area contributed by atoms with E-state index in [1.807, 2.05) is 44.2 Å². The molecule has 0 bridgehead atoms. The number of rotatable bonds is 3. The van der Waals surface area contributed by atoms with Crippen LogP contribution < -0.4 is 0 Å². The molecule has 0 aliphatic heterocycles. The van der Waals surface area contributed by atoms with Crippen molar-refractivity contribution in [1.29, 1.82) is 0 Å². The Morgan fingerprint density at radius 1 is 1.06 bits per heavy atom. The van der Waals surface area contributed by atoms with Gasteiger partial charge in [0.05, 0.1) is 9.82 Å². The number of nitro benzene ring substituents is 1. The molecule has 0 N–H and O–H groups in total. The third-order valence-corrected chi connectivity index (χ3v) is 3.58. The van der Waals surface area contributed by atoms with Crippen LogP contribution in [0.4, 0.5) is 5.69 Å². The Labute approximate surface area is 110 Å². The van der Waals surface area contributed by atoms with Crippen molar-refractivity contribution in [3.05, 3.63) is 63.7 Å². The summed E-state index contributed by atoms with van der Waals surface area (Å²) in [6.07, 6.45) is 0. The molecule has 0 aliphatic rings. The third kappa shape index (κ3) is 2.90. The zero-order chi connectivity index (χ0) is 13.1. The Balaban J connectivity index is 2.37. The summed E-state index contributed by atoms with van der Waals surface area (Å²) in [5.74, 6) is 0. The molecular formula is C14H13NO2S.